The van der Waals surface area contributed by atoms with Gasteiger partial charge in [0.15, 0.2) is 0 Å². The molecule has 3 rings (SSSR count). The molecule has 2 aromatic rings. The molecule has 34 heavy (non-hydrogen) atoms. The third-order valence-electron chi connectivity index (χ3n) is 6.18. The second-order valence-corrected chi connectivity index (χ2v) is 10.6. The Morgan fingerprint density at radius 2 is 2.06 bits per heavy atom. The maximum Gasteiger partial charge on any atom is 0.237 e. The van der Waals surface area contributed by atoms with E-state index in [1.54, 1.807) is 11.3 Å². The van der Waals surface area contributed by atoms with Gasteiger partial charge in [0.05, 0.1) is 25.3 Å². The van der Waals surface area contributed by atoms with Gasteiger partial charge in [0.1, 0.15) is 12.4 Å². The predicted octanol–water partition coefficient (Wildman–Crippen LogP) is 4.23. The number of hydrogen-bond acceptors (Lipinski definition) is 6. The maximum atomic E-state index is 13.4. The lowest BCUT2D eigenvalue weighted by Crippen LogP contribution is -2.48. The molecule has 1 aliphatic rings. The number of nitrogens with zero attached hydrogens (tertiary/aromatic N) is 2. The van der Waals surface area contributed by atoms with E-state index in [-0.39, 0.29) is 25.1 Å². The molecule has 0 fully saturated rings. The van der Waals surface area contributed by atoms with Crippen LogP contribution in [0.2, 0.25) is 0 Å². The number of likely N-dealkylation sites (N-methyl/N-ethyl adjacent to an activating group) is 1. The minimum absolute atomic E-state index is 0.0724. The van der Waals surface area contributed by atoms with Gasteiger partial charge in [0, 0.05) is 24.6 Å². The Labute approximate surface area is 208 Å². The monoisotopic (exact) mass is 488 g/mol. The highest BCUT2D eigenvalue weighted by Crippen LogP contribution is 2.34. The summed E-state index contributed by atoms with van der Waals surface area (Å²) in [5.74, 6) is 1.36. The second-order valence-electron chi connectivity index (χ2n) is 9.64. The standard InChI is InChI=1S/C27H40N2O4S/c1-6-28(14-22(30)17-32-16-19(2)3)15-27(31)29-11-9-26-23(10-12-34-26)24(29)18-33-25-8-7-20(4)13-21(25)5/h7-8,10,12-13,19,22,24,30H,6,9,11,14-18H2,1-5H3/t22-,24+/m1/s1. The average molecular weight is 489 g/mol. The van der Waals surface area contributed by atoms with Crippen molar-refractivity contribution < 1.29 is 19.4 Å². The number of carbonyl (C=O) groups excluding carboxylic acids is 1. The molecular formula is C27H40N2O4S. The summed E-state index contributed by atoms with van der Waals surface area (Å²) < 4.78 is 11.8. The smallest absolute Gasteiger partial charge is 0.237 e. The third kappa shape index (κ3) is 7.28. The number of amides is 1. The van der Waals surface area contributed by atoms with Crippen molar-refractivity contribution in [1.29, 1.82) is 0 Å². The molecule has 0 aliphatic carbocycles. The van der Waals surface area contributed by atoms with Gasteiger partial charge in [-0.3, -0.25) is 9.69 Å². The van der Waals surface area contributed by atoms with Crippen molar-refractivity contribution in [2.24, 2.45) is 5.92 Å². The number of aliphatic hydroxyl groups is 1. The maximum absolute atomic E-state index is 13.4. The molecule has 0 saturated heterocycles. The second kappa shape index (κ2) is 12.7. The summed E-state index contributed by atoms with van der Waals surface area (Å²) in [6, 6.07) is 8.20. The van der Waals surface area contributed by atoms with Gasteiger partial charge in [0.25, 0.3) is 0 Å². The van der Waals surface area contributed by atoms with Crippen molar-refractivity contribution in [1.82, 2.24) is 9.80 Å². The van der Waals surface area contributed by atoms with Crippen LogP contribution in [0, 0.1) is 19.8 Å². The van der Waals surface area contributed by atoms with Crippen LogP contribution < -0.4 is 4.74 Å². The lowest BCUT2D eigenvalue weighted by Gasteiger charge is -2.37. The lowest BCUT2D eigenvalue weighted by molar-refractivity contribution is -0.136. The van der Waals surface area contributed by atoms with Gasteiger partial charge in [-0.25, -0.2) is 0 Å². The van der Waals surface area contributed by atoms with E-state index in [1.165, 1.54) is 16.0 Å². The summed E-state index contributed by atoms with van der Waals surface area (Å²) in [6.45, 7) is 13.7. The first-order valence-corrected chi connectivity index (χ1v) is 13.2. The molecule has 0 bridgehead atoms. The number of fused-ring (bicyclic) bond motifs is 1. The zero-order valence-corrected chi connectivity index (χ0v) is 22.1. The summed E-state index contributed by atoms with van der Waals surface area (Å²) in [5, 5.41) is 12.5. The van der Waals surface area contributed by atoms with Gasteiger partial charge in [0.2, 0.25) is 5.91 Å². The molecule has 6 nitrogen and oxygen atoms in total. The molecule has 7 heteroatoms. The SMILES string of the molecule is CCN(CC(=O)N1CCc2sccc2[C@@H]1COc1ccc(C)cc1C)C[C@@H](O)COCC(C)C. The zero-order valence-electron chi connectivity index (χ0n) is 21.3. The molecule has 188 valence electrons. The molecule has 1 aromatic heterocycles. The number of aliphatic hydroxyl groups excluding tert-OH is 1. The Kier molecular flexibility index (Phi) is 9.95. The Morgan fingerprint density at radius 3 is 2.76 bits per heavy atom. The van der Waals surface area contributed by atoms with Crippen LogP contribution in [-0.4, -0.2) is 72.9 Å². The fraction of sp³-hybridized carbons (Fsp3) is 0.593. The van der Waals surface area contributed by atoms with Gasteiger partial charge in [-0.1, -0.05) is 38.5 Å². The summed E-state index contributed by atoms with van der Waals surface area (Å²) in [7, 11) is 0. The van der Waals surface area contributed by atoms with Crippen molar-refractivity contribution in [3.05, 3.63) is 51.2 Å². The van der Waals surface area contributed by atoms with Crippen molar-refractivity contribution >= 4 is 17.2 Å². The zero-order chi connectivity index (χ0) is 24.7. The quantitative estimate of drug-likeness (QED) is 0.485. The van der Waals surface area contributed by atoms with Crippen LogP contribution in [0.4, 0.5) is 0 Å². The topological polar surface area (TPSA) is 62.2 Å². The van der Waals surface area contributed by atoms with Crippen LogP contribution in [-0.2, 0) is 16.0 Å². The molecule has 2 atom stereocenters. The van der Waals surface area contributed by atoms with Crippen LogP contribution in [0.1, 0.15) is 48.4 Å². The van der Waals surface area contributed by atoms with Crippen LogP contribution in [0.3, 0.4) is 0 Å². The van der Waals surface area contributed by atoms with E-state index in [0.717, 1.165) is 17.7 Å². The van der Waals surface area contributed by atoms with Crippen LogP contribution in [0.15, 0.2) is 29.6 Å². The summed E-state index contributed by atoms with van der Waals surface area (Å²) in [5.41, 5.74) is 3.50. The van der Waals surface area contributed by atoms with Gasteiger partial charge >= 0.3 is 0 Å². The highest BCUT2D eigenvalue weighted by molar-refractivity contribution is 7.10. The molecule has 1 N–H and O–H groups in total. The van der Waals surface area contributed by atoms with E-state index in [4.69, 9.17) is 9.47 Å². The molecule has 1 aliphatic heterocycles. The molecule has 1 aromatic carbocycles. The highest BCUT2D eigenvalue weighted by Gasteiger charge is 2.33. The van der Waals surface area contributed by atoms with Gasteiger partial charge in [-0.15, -0.1) is 11.3 Å². The van der Waals surface area contributed by atoms with Crippen molar-refractivity contribution in [2.75, 3.05) is 46.0 Å². The van der Waals surface area contributed by atoms with E-state index in [9.17, 15) is 9.90 Å². The van der Waals surface area contributed by atoms with Gasteiger partial charge < -0.3 is 19.5 Å². The predicted molar refractivity (Wildman–Crippen MR) is 138 cm³/mol. The Balaban J connectivity index is 1.64. The highest BCUT2D eigenvalue weighted by atomic mass is 32.1. The molecule has 1 amide bonds. The first-order valence-electron chi connectivity index (χ1n) is 12.3. The third-order valence-corrected chi connectivity index (χ3v) is 7.18. The Bertz CT molecular complexity index is 929. The molecule has 0 saturated carbocycles. The van der Waals surface area contributed by atoms with E-state index in [1.807, 2.05) is 22.8 Å². The summed E-state index contributed by atoms with van der Waals surface area (Å²) in [6.07, 6.45) is 0.260. The lowest BCUT2D eigenvalue weighted by atomic mass is 10.00. The van der Waals surface area contributed by atoms with Crippen molar-refractivity contribution in [3.8, 4) is 5.75 Å². The molecule has 2 heterocycles. The molecule has 0 unspecified atom stereocenters. The molecular weight excluding hydrogens is 448 g/mol. The number of thiophene rings is 1. The Hall–Kier alpha value is -1.93. The van der Waals surface area contributed by atoms with E-state index in [0.29, 0.717) is 38.8 Å². The number of ether oxygens (including phenoxy) is 2. The van der Waals surface area contributed by atoms with Crippen LogP contribution in [0.25, 0.3) is 0 Å². The number of hydrogen-bond donors (Lipinski definition) is 1. The van der Waals surface area contributed by atoms with Crippen molar-refractivity contribution in [2.45, 2.75) is 53.2 Å². The minimum Gasteiger partial charge on any atom is -0.491 e. The summed E-state index contributed by atoms with van der Waals surface area (Å²) in [4.78, 5) is 18.7. The summed E-state index contributed by atoms with van der Waals surface area (Å²) >= 11 is 1.76. The van der Waals surface area contributed by atoms with Crippen LogP contribution >= 0.6 is 11.3 Å². The Morgan fingerprint density at radius 1 is 1.26 bits per heavy atom. The fourth-order valence-electron chi connectivity index (χ4n) is 4.38. The first kappa shape index (κ1) is 26.7. The van der Waals surface area contributed by atoms with E-state index >= 15 is 0 Å². The number of benzene rings is 1. The minimum atomic E-state index is -0.611. The van der Waals surface area contributed by atoms with Gasteiger partial charge in [-0.05, 0) is 61.4 Å². The largest absolute Gasteiger partial charge is 0.491 e. The number of aryl methyl sites for hydroxylation is 2. The number of rotatable bonds is 12. The number of carbonyl (C=O) groups is 1. The van der Waals surface area contributed by atoms with E-state index in [2.05, 4.69) is 51.3 Å². The van der Waals surface area contributed by atoms with E-state index < -0.39 is 6.10 Å². The van der Waals surface area contributed by atoms with Crippen molar-refractivity contribution in [3.63, 3.8) is 0 Å². The van der Waals surface area contributed by atoms with Gasteiger partial charge in [-0.2, -0.15) is 0 Å². The fourth-order valence-corrected chi connectivity index (χ4v) is 5.31. The normalized spacial score (nSPS) is 16.7. The average Bonchev–Trinajstić information content (AvgIpc) is 3.26. The molecule has 0 radical (unpaired) electrons. The molecule has 0 spiro atoms. The van der Waals surface area contributed by atoms with Crippen LogP contribution in [0.5, 0.6) is 5.75 Å². The first-order chi connectivity index (χ1) is 16.3.